The maximum absolute atomic E-state index is 9.00. The first-order valence-corrected chi connectivity index (χ1v) is 5.61. The van der Waals surface area contributed by atoms with Crippen molar-refractivity contribution in [3.63, 3.8) is 0 Å². The number of nitrogen functional groups attached to an aromatic ring is 1. The molecule has 1 aromatic carbocycles. The molecular formula is C13H14N4O. The molecule has 0 atom stereocenters. The predicted octanol–water partition coefficient (Wildman–Crippen LogP) is 1.50. The van der Waals surface area contributed by atoms with Crippen LogP contribution in [0.4, 0.5) is 5.82 Å². The highest BCUT2D eigenvalue weighted by molar-refractivity contribution is 5.51. The van der Waals surface area contributed by atoms with Crippen molar-refractivity contribution in [3.05, 3.63) is 41.6 Å². The number of ether oxygens (including phenoxy) is 1. The molecule has 5 heteroatoms. The second-order valence-electron chi connectivity index (χ2n) is 3.85. The van der Waals surface area contributed by atoms with Gasteiger partial charge in [0.05, 0.1) is 12.3 Å². The molecule has 5 nitrogen and oxygen atoms in total. The fourth-order valence-corrected chi connectivity index (χ4v) is 1.67. The van der Waals surface area contributed by atoms with Crippen LogP contribution in [0.5, 0.6) is 5.75 Å². The van der Waals surface area contributed by atoms with Gasteiger partial charge in [-0.05, 0) is 12.1 Å². The van der Waals surface area contributed by atoms with E-state index in [9.17, 15) is 0 Å². The highest BCUT2D eigenvalue weighted by Gasteiger charge is 2.12. The minimum atomic E-state index is 0.396. The normalized spacial score (nSPS) is 10.0. The average Bonchev–Trinajstić information content (AvgIpc) is 2.66. The minimum Gasteiger partial charge on any atom is -0.493 e. The van der Waals surface area contributed by atoms with Crippen LogP contribution in [0.25, 0.3) is 0 Å². The Kier molecular flexibility index (Phi) is 3.49. The van der Waals surface area contributed by atoms with Gasteiger partial charge in [0.2, 0.25) is 0 Å². The topological polar surface area (TPSA) is 76.9 Å². The molecule has 0 saturated carbocycles. The lowest BCUT2D eigenvalue weighted by Gasteiger charge is -2.04. The van der Waals surface area contributed by atoms with Gasteiger partial charge in [-0.3, -0.25) is 4.68 Å². The molecule has 0 saturated heterocycles. The first-order chi connectivity index (χ1) is 8.72. The summed E-state index contributed by atoms with van der Waals surface area (Å²) in [6.45, 7) is 0.467. The molecule has 0 radical (unpaired) electrons. The van der Waals surface area contributed by atoms with E-state index in [2.05, 4.69) is 11.2 Å². The van der Waals surface area contributed by atoms with Crippen molar-refractivity contribution in [2.45, 2.75) is 6.42 Å². The highest BCUT2D eigenvalue weighted by atomic mass is 16.5. The van der Waals surface area contributed by atoms with Gasteiger partial charge in [-0.1, -0.05) is 18.2 Å². The Morgan fingerprint density at radius 1 is 1.39 bits per heavy atom. The van der Waals surface area contributed by atoms with Crippen molar-refractivity contribution in [3.8, 4) is 11.8 Å². The van der Waals surface area contributed by atoms with E-state index in [0.717, 1.165) is 5.75 Å². The number of hydrogen-bond acceptors (Lipinski definition) is 4. The summed E-state index contributed by atoms with van der Waals surface area (Å²) >= 11 is 0. The summed E-state index contributed by atoms with van der Waals surface area (Å²) in [7, 11) is 1.72. The highest BCUT2D eigenvalue weighted by Crippen LogP contribution is 2.15. The quantitative estimate of drug-likeness (QED) is 0.881. The second kappa shape index (κ2) is 5.23. The van der Waals surface area contributed by atoms with Gasteiger partial charge in [0.1, 0.15) is 23.2 Å². The summed E-state index contributed by atoms with van der Waals surface area (Å²) < 4.78 is 7.07. The van der Waals surface area contributed by atoms with Crippen LogP contribution in [0.1, 0.15) is 11.3 Å². The molecule has 0 fully saturated rings. The zero-order valence-electron chi connectivity index (χ0n) is 10.1. The number of para-hydroxylation sites is 1. The van der Waals surface area contributed by atoms with E-state index in [1.807, 2.05) is 30.3 Å². The van der Waals surface area contributed by atoms with E-state index in [1.54, 1.807) is 7.05 Å². The zero-order valence-corrected chi connectivity index (χ0v) is 10.1. The molecule has 1 aromatic heterocycles. The number of nitriles is 1. The molecule has 0 bridgehead atoms. The van der Waals surface area contributed by atoms with E-state index in [1.165, 1.54) is 4.68 Å². The number of nitrogens with two attached hydrogens (primary N) is 1. The van der Waals surface area contributed by atoms with Crippen LogP contribution < -0.4 is 10.5 Å². The third kappa shape index (κ3) is 2.43. The zero-order chi connectivity index (χ0) is 13.0. The number of nitrogens with zero attached hydrogens (tertiary/aromatic N) is 3. The van der Waals surface area contributed by atoms with Crippen LogP contribution in [-0.4, -0.2) is 16.4 Å². The van der Waals surface area contributed by atoms with Crippen molar-refractivity contribution in [1.82, 2.24) is 9.78 Å². The van der Waals surface area contributed by atoms with Crippen molar-refractivity contribution in [2.24, 2.45) is 7.05 Å². The number of benzene rings is 1. The average molecular weight is 242 g/mol. The fraction of sp³-hybridized carbons (Fsp3) is 0.231. The number of rotatable bonds is 4. The Labute approximate surface area is 105 Å². The number of aromatic nitrogens is 2. The molecule has 0 aliphatic rings. The Morgan fingerprint density at radius 2 is 2.11 bits per heavy atom. The molecule has 0 unspecified atom stereocenters. The largest absolute Gasteiger partial charge is 0.493 e. The van der Waals surface area contributed by atoms with Crippen molar-refractivity contribution >= 4 is 5.82 Å². The number of hydrogen-bond donors (Lipinski definition) is 1. The molecule has 2 rings (SSSR count). The number of anilines is 1. The lowest BCUT2D eigenvalue weighted by molar-refractivity contribution is 0.320. The molecule has 0 aliphatic carbocycles. The Bertz CT molecular complexity index is 569. The van der Waals surface area contributed by atoms with Gasteiger partial charge in [0.15, 0.2) is 0 Å². The summed E-state index contributed by atoms with van der Waals surface area (Å²) in [5.41, 5.74) is 6.85. The third-order valence-corrected chi connectivity index (χ3v) is 2.63. The molecule has 0 amide bonds. The maximum atomic E-state index is 9.00. The van der Waals surface area contributed by atoms with E-state index >= 15 is 0 Å². The molecule has 0 spiro atoms. The Morgan fingerprint density at radius 3 is 2.78 bits per heavy atom. The van der Waals surface area contributed by atoms with Gasteiger partial charge in [-0.15, -0.1) is 0 Å². The van der Waals surface area contributed by atoms with Crippen molar-refractivity contribution in [1.29, 1.82) is 5.26 Å². The number of aryl methyl sites for hydroxylation is 1. The summed E-state index contributed by atoms with van der Waals surface area (Å²) in [4.78, 5) is 0. The van der Waals surface area contributed by atoms with E-state index < -0.39 is 0 Å². The molecule has 1 heterocycles. The van der Waals surface area contributed by atoms with Gasteiger partial charge in [0.25, 0.3) is 0 Å². The van der Waals surface area contributed by atoms with E-state index in [4.69, 9.17) is 15.7 Å². The first kappa shape index (κ1) is 12.0. The van der Waals surface area contributed by atoms with Crippen molar-refractivity contribution in [2.75, 3.05) is 12.3 Å². The lowest BCUT2D eigenvalue weighted by atomic mass is 10.2. The van der Waals surface area contributed by atoms with Crippen LogP contribution in [0.15, 0.2) is 30.3 Å². The summed E-state index contributed by atoms with van der Waals surface area (Å²) in [6, 6.07) is 11.6. The van der Waals surface area contributed by atoms with Crippen molar-refractivity contribution < 1.29 is 4.74 Å². The van der Waals surface area contributed by atoms with Gasteiger partial charge in [-0.25, -0.2) is 0 Å². The molecule has 2 N–H and O–H groups in total. The Hall–Kier alpha value is -2.48. The SMILES string of the molecule is Cn1nc(CCOc2ccccc2)c(C#N)c1N. The molecule has 18 heavy (non-hydrogen) atoms. The van der Waals surface area contributed by atoms with Crippen LogP contribution in [0.3, 0.4) is 0 Å². The summed E-state index contributed by atoms with van der Waals surface area (Å²) in [5.74, 6) is 1.20. The van der Waals surface area contributed by atoms with Gasteiger partial charge < -0.3 is 10.5 Å². The van der Waals surface area contributed by atoms with Gasteiger partial charge in [-0.2, -0.15) is 10.4 Å². The monoisotopic (exact) mass is 242 g/mol. The molecule has 2 aromatic rings. The maximum Gasteiger partial charge on any atom is 0.139 e. The Balaban J connectivity index is 1.99. The van der Waals surface area contributed by atoms with Crippen LogP contribution >= 0.6 is 0 Å². The van der Waals surface area contributed by atoms with Crippen LogP contribution in [0, 0.1) is 11.3 Å². The smallest absolute Gasteiger partial charge is 0.139 e. The third-order valence-electron chi connectivity index (χ3n) is 2.63. The molecule has 92 valence electrons. The summed E-state index contributed by atoms with van der Waals surface area (Å²) in [5, 5.41) is 13.2. The standard InChI is InChI=1S/C13H14N4O/c1-17-13(15)11(9-14)12(16-17)7-8-18-10-5-3-2-4-6-10/h2-6H,7-8,15H2,1H3. The van der Waals surface area contributed by atoms with Crippen LogP contribution in [-0.2, 0) is 13.5 Å². The van der Waals surface area contributed by atoms with Gasteiger partial charge in [0, 0.05) is 13.5 Å². The van der Waals surface area contributed by atoms with Gasteiger partial charge >= 0.3 is 0 Å². The van der Waals surface area contributed by atoms with Crippen LogP contribution in [0.2, 0.25) is 0 Å². The second-order valence-corrected chi connectivity index (χ2v) is 3.85. The molecule has 0 aliphatic heterocycles. The van der Waals surface area contributed by atoms with E-state index in [-0.39, 0.29) is 0 Å². The summed E-state index contributed by atoms with van der Waals surface area (Å²) in [6.07, 6.45) is 0.558. The predicted molar refractivity (Wildman–Crippen MR) is 68.0 cm³/mol. The fourth-order valence-electron chi connectivity index (χ4n) is 1.67. The first-order valence-electron chi connectivity index (χ1n) is 5.61. The van der Waals surface area contributed by atoms with E-state index in [0.29, 0.717) is 30.1 Å². The lowest BCUT2D eigenvalue weighted by Crippen LogP contribution is -2.03. The molecular weight excluding hydrogens is 228 g/mol. The minimum absolute atomic E-state index is 0.396.